The number of hydrogen-bond acceptors (Lipinski definition) is 0. The first-order chi connectivity index (χ1) is 11.8. The summed E-state index contributed by atoms with van der Waals surface area (Å²) in [7, 11) is -0.989. The Bertz CT molecular complexity index is 885. The molecule has 2 aromatic rings. The fourth-order valence-electron chi connectivity index (χ4n) is 4.51. The molecule has 4 rings (SSSR count). The van der Waals surface area contributed by atoms with Crippen LogP contribution in [0.4, 0.5) is 0 Å². The molecule has 0 saturated carbocycles. The second kappa shape index (κ2) is 6.88. The first-order valence-electron chi connectivity index (χ1n) is 8.74. The largest absolute Gasteiger partial charge is 0.114 e. The molecule has 0 amide bonds. The molecule has 0 nitrogen and oxygen atoms in total. The van der Waals surface area contributed by atoms with Gasteiger partial charge in [0, 0.05) is 25.8 Å². The topological polar surface area (TPSA) is 0 Å². The van der Waals surface area contributed by atoms with Crippen LogP contribution in [0.15, 0.2) is 59.7 Å². The quantitative estimate of drug-likeness (QED) is 0.313. The molecule has 26 heavy (non-hydrogen) atoms. The minimum absolute atomic E-state index is 0. The molecule has 2 aromatic carbocycles. The summed E-state index contributed by atoms with van der Waals surface area (Å²) in [5.74, 6) is 0. The van der Waals surface area contributed by atoms with E-state index in [0.29, 0.717) is 0 Å². The van der Waals surface area contributed by atoms with Gasteiger partial charge in [-0.2, -0.15) is 0 Å². The summed E-state index contributed by atoms with van der Waals surface area (Å²) in [4.78, 5) is 0. The third kappa shape index (κ3) is 2.63. The normalized spacial score (nSPS) is 27.2. The van der Waals surface area contributed by atoms with Crippen molar-refractivity contribution in [2.45, 2.75) is 36.7 Å². The van der Waals surface area contributed by atoms with Gasteiger partial charge in [0.15, 0.2) is 0 Å². The monoisotopic (exact) mass is 564 g/mol. The summed E-state index contributed by atoms with van der Waals surface area (Å²) < 4.78 is -0.858. The average Bonchev–Trinajstić information content (AvgIpc) is 2.93. The predicted molar refractivity (Wildman–Crippen MR) is 113 cm³/mol. The zero-order valence-corrected chi connectivity index (χ0v) is 22.1. The van der Waals surface area contributed by atoms with Crippen LogP contribution in [0.2, 0.25) is 0 Å². The Hall–Kier alpha value is -0.413. The Morgan fingerprint density at radius 1 is 0.654 bits per heavy atom. The van der Waals surface area contributed by atoms with Crippen molar-refractivity contribution in [1.82, 2.24) is 0 Å². The molecule has 4 heteroatoms. The third-order valence-electron chi connectivity index (χ3n) is 6.32. The number of alkyl halides is 2. The van der Waals surface area contributed by atoms with Gasteiger partial charge in [-0.15, -0.1) is 23.2 Å². The van der Waals surface area contributed by atoms with E-state index in [1.54, 1.807) is 0 Å². The van der Waals surface area contributed by atoms with Crippen LogP contribution in [0.3, 0.4) is 0 Å². The molecule has 0 fully saturated rings. The number of fused-ring (bicyclic) bond motifs is 2. The van der Waals surface area contributed by atoms with Crippen LogP contribution in [0.25, 0.3) is 11.1 Å². The van der Waals surface area contributed by atoms with Gasteiger partial charge in [-0.1, -0.05) is 48.5 Å². The Morgan fingerprint density at radius 2 is 1.00 bits per heavy atom. The summed E-state index contributed by atoms with van der Waals surface area (Å²) in [6.07, 6.45) is 0. The van der Waals surface area contributed by atoms with Crippen molar-refractivity contribution in [3.63, 3.8) is 0 Å². The molecule has 0 bridgehead atoms. The fraction of sp³-hybridized carbons (Fsp3) is 0.273. The molecule has 132 valence electrons. The van der Waals surface area contributed by atoms with E-state index < -0.39 is 18.5 Å². The van der Waals surface area contributed by atoms with Gasteiger partial charge in [-0.3, -0.25) is 0 Å². The molecule has 2 aliphatic rings. The third-order valence-corrected chi connectivity index (χ3v) is 10.9. The van der Waals surface area contributed by atoms with Crippen LogP contribution in [-0.4, -0.2) is 9.52 Å². The van der Waals surface area contributed by atoms with Crippen molar-refractivity contribution in [2.75, 3.05) is 0 Å². The molecule has 0 N–H and O–H groups in total. The number of halogens is 2. The van der Waals surface area contributed by atoms with E-state index in [9.17, 15) is 0 Å². The van der Waals surface area contributed by atoms with E-state index in [4.69, 9.17) is 23.2 Å². The maximum atomic E-state index is 7.39. The van der Waals surface area contributed by atoms with E-state index in [-0.39, 0.29) is 25.8 Å². The van der Waals surface area contributed by atoms with Crippen LogP contribution in [-0.2, 0) is 34.8 Å². The first kappa shape index (κ1) is 20.3. The minimum Gasteiger partial charge on any atom is -0.114 e. The molecule has 0 heterocycles. The summed E-state index contributed by atoms with van der Waals surface area (Å²) in [5.41, 5.74) is 10.2. The molecule has 0 aromatic heterocycles. The van der Waals surface area contributed by atoms with Crippen molar-refractivity contribution in [1.29, 1.82) is 0 Å². The molecule has 2 aliphatic carbocycles. The number of rotatable bonds is 2. The van der Waals surface area contributed by atoms with E-state index in [0.717, 1.165) is 0 Å². The summed E-state index contributed by atoms with van der Waals surface area (Å²) in [5, 5.41) is 0. The van der Waals surface area contributed by atoms with Crippen molar-refractivity contribution >= 4 is 43.9 Å². The molecule has 0 radical (unpaired) electrons. The van der Waals surface area contributed by atoms with Gasteiger partial charge < -0.3 is 0 Å². The van der Waals surface area contributed by atoms with Gasteiger partial charge in [-0.25, -0.2) is 0 Å². The van der Waals surface area contributed by atoms with E-state index in [2.05, 4.69) is 76.2 Å². The van der Waals surface area contributed by atoms with Gasteiger partial charge in [0.05, 0.1) is 18.5 Å². The van der Waals surface area contributed by atoms with Gasteiger partial charge in [0.2, 0.25) is 0 Å². The van der Waals surface area contributed by atoms with Crippen LogP contribution in [0.5, 0.6) is 0 Å². The zero-order chi connectivity index (χ0) is 18.0. The summed E-state index contributed by atoms with van der Waals surface area (Å²) in [6.45, 7) is 8.74. The predicted octanol–water partition coefficient (Wildman–Crippen LogP) is 5.95. The second-order valence-corrected chi connectivity index (χ2v) is 12.0. The van der Waals surface area contributed by atoms with Crippen molar-refractivity contribution in [3.8, 4) is 0 Å². The summed E-state index contributed by atoms with van der Waals surface area (Å²) in [6, 6.07) is 17.1. The van der Waals surface area contributed by atoms with Gasteiger partial charge in [0.1, 0.15) is 0 Å². The van der Waals surface area contributed by atoms with Crippen LogP contribution in [0, 0.1) is 0 Å². The number of benzene rings is 2. The van der Waals surface area contributed by atoms with E-state index in [1.807, 2.05) is 0 Å². The van der Waals surface area contributed by atoms with Crippen LogP contribution >= 0.6 is 23.2 Å². The molecule has 2 atom stereocenters. The first-order valence-corrected chi connectivity index (χ1v) is 10.9. The van der Waals surface area contributed by atoms with Gasteiger partial charge >= 0.3 is 0 Å². The molecule has 0 spiro atoms. The summed E-state index contributed by atoms with van der Waals surface area (Å²) >= 11 is 14.8. The van der Waals surface area contributed by atoms with Gasteiger partial charge in [0.25, 0.3) is 0 Å². The second-order valence-electron chi connectivity index (χ2n) is 7.37. The van der Waals surface area contributed by atoms with E-state index >= 15 is 0 Å². The maximum Gasteiger partial charge on any atom is 0.0923 e. The average molecular weight is 564 g/mol. The van der Waals surface area contributed by atoms with Crippen LogP contribution < -0.4 is 0 Å². The molecular weight excluding hydrogens is 542 g/mol. The Labute approximate surface area is 187 Å². The molecular formula is C22H22Cl2HfSi. The maximum absolute atomic E-state index is 7.39. The van der Waals surface area contributed by atoms with Crippen molar-refractivity contribution in [3.05, 3.63) is 81.9 Å². The Balaban J connectivity index is 0.00000196. The standard InChI is InChI=1S/C22H22Cl2Si.Hf/c1-13-15(3)21(23,19-11-7-5-9-17(13)19)25-22(24)16(4)14(2)18-10-6-8-12-20(18)22;/h5-12H,25H2,1-4H3;. The van der Waals surface area contributed by atoms with Crippen molar-refractivity contribution < 1.29 is 25.8 Å². The number of allylic oxidation sites excluding steroid dienone is 4. The minimum atomic E-state index is -0.989. The SMILES string of the molecule is CC1=C(C)C(Cl)([SiH2]C2(Cl)C(C)=C(C)c3ccccc32)c2ccccc21.[Hf]. The molecule has 2 unspecified atom stereocenters. The zero-order valence-electron chi connectivity index (χ0n) is 15.6. The van der Waals surface area contributed by atoms with Crippen LogP contribution in [0.1, 0.15) is 49.9 Å². The smallest absolute Gasteiger partial charge is 0.0923 e. The van der Waals surface area contributed by atoms with Gasteiger partial charge in [-0.05, 0) is 72.2 Å². The van der Waals surface area contributed by atoms with E-state index in [1.165, 1.54) is 44.5 Å². The Morgan fingerprint density at radius 3 is 1.38 bits per heavy atom. The Kier molecular flexibility index (Phi) is 5.38. The van der Waals surface area contributed by atoms with Crippen molar-refractivity contribution in [2.24, 2.45) is 0 Å². The molecule has 0 saturated heterocycles. The molecule has 0 aliphatic heterocycles. The fourth-order valence-corrected chi connectivity index (χ4v) is 9.26. The number of hydrogen-bond donors (Lipinski definition) is 0.